The summed E-state index contributed by atoms with van der Waals surface area (Å²) in [7, 11) is 0. The SMILES string of the molecule is O=C(CCc1cc2ccc(F)cc2[nH]c1=O)N1CCc2cc3c(cc2C1)OCO3. The van der Waals surface area contributed by atoms with E-state index in [-0.39, 0.29) is 24.7 Å². The number of hydrogen-bond acceptors (Lipinski definition) is 4. The summed E-state index contributed by atoms with van der Waals surface area (Å²) in [5, 5.41) is 0.747. The number of carbonyl (C=O) groups is 1. The van der Waals surface area contributed by atoms with Crippen molar-refractivity contribution in [1.29, 1.82) is 0 Å². The number of ether oxygens (including phenoxy) is 2. The first-order valence-electron chi connectivity index (χ1n) is 9.57. The van der Waals surface area contributed by atoms with Crippen LogP contribution in [0.2, 0.25) is 0 Å². The molecule has 0 spiro atoms. The third-order valence-corrected chi connectivity index (χ3v) is 5.55. The van der Waals surface area contributed by atoms with E-state index in [1.807, 2.05) is 17.0 Å². The number of aryl methyl sites for hydroxylation is 1. The van der Waals surface area contributed by atoms with Gasteiger partial charge in [-0.05, 0) is 65.8 Å². The first-order chi connectivity index (χ1) is 14.1. The summed E-state index contributed by atoms with van der Waals surface area (Å²) in [6.07, 6.45) is 1.35. The van der Waals surface area contributed by atoms with Gasteiger partial charge >= 0.3 is 0 Å². The van der Waals surface area contributed by atoms with Crippen LogP contribution >= 0.6 is 0 Å². The Hall–Kier alpha value is -3.35. The molecular weight excluding hydrogens is 375 g/mol. The third kappa shape index (κ3) is 3.33. The average Bonchev–Trinajstić information content (AvgIpc) is 3.17. The van der Waals surface area contributed by atoms with Crippen LogP contribution in [0.15, 0.2) is 41.2 Å². The van der Waals surface area contributed by atoms with Crippen LogP contribution in [0, 0.1) is 5.82 Å². The Morgan fingerprint density at radius 2 is 1.90 bits per heavy atom. The number of nitrogens with zero attached hydrogens (tertiary/aromatic N) is 1. The van der Waals surface area contributed by atoms with Crippen LogP contribution in [0.1, 0.15) is 23.1 Å². The van der Waals surface area contributed by atoms with Crippen LogP contribution in [0.3, 0.4) is 0 Å². The normalized spacial score (nSPS) is 14.9. The van der Waals surface area contributed by atoms with Gasteiger partial charge in [0.05, 0.1) is 5.52 Å². The molecule has 7 heteroatoms. The number of amides is 1. The molecule has 0 atom stereocenters. The van der Waals surface area contributed by atoms with E-state index < -0.39 is 5.82 Å². The summed E-state index contributed by atoms with van der Waals surface area (Å²) >= 11 is 0. The molecule has 1 aromatic heterocycles. The van der Waals surface area contributed by atoms with E-state index in [9.17, 15) is 14.0 Å². The summed E-state index contributed by atoms with van der Waals surface area (Å²) in [6, 6.07) is 9.95. The lowest BCUT2D eigenvalue weighted by Gasteiger charge is -2.29. The Kier molecular flexibility index (Phi) is 4.23. The summed E-state index contributed by atoms with van der Waals surface area (Å²) in [4.78, 5) is 29.5. The van der Waals surface area contributed by atoms with E-state index in [0.717, 1.165) is 28.9 Å². The molecule has 3 heterocycles. The Labute approximate surface area is 165 Å². The van der Waals surface area contributed by atoms with Crippen molar-refractivity contribution in [3.63, 3.8) is 0 Å². The molecule has 0 bridgehead atoms. The van der Waals surface area contributed by atoms with Gasteiger partial charge < -0.3 is 19.4 Å². The third-order valence-electron chi connectivity index (χ3n) is 5.55. The lowest BCUT2D eigenvalue weighted by atomic mass is 9.98. The molecule has 0 fully saturated rings. The van der Waals surface area contributed by atoms with Gasteiger partial charge in [0, 0.05) is 25.1 Å². The Morgan fingerprint density at radius 3 is 2.72 bits per heavy atom. The molecule has 148 valence electrons. The zero-order valence-corrected chi connectivity index (χ0v) is 15.7. The highest BCUT2D eigenvalue weighted by Gasteiger charge is 2.24. The van der Waals surface area contributed by atoms with Crippen molar-refractivity contribution >= 4 is 16.8 Å². The highest BCUT2D eigenvalue weighted by atomic mass is 19.1. The molecule has 5 rings (SSSR count). The van der Waals surface area contributed by atoms with Crippen LogP contribution < -0.4 is 15.0 Å². The monoisotopic (exact) mass is 394 g/mol. The van der Waals surface area contributed by atoms with Crippen molar-refractivity contribution in [2.24, 2.45) is 0 Å². The van der Waals surface area contributed by atoms with Gasteiger partial charge in [-0.3, -0.25) is 9.59 Å². The molecule has 2 aliphatic heterocycles. The minimum Gasteiger partial charge on any atom is -0.454 e. The zero-order valence-electron chi connectivity index (χ0n) is 15.7. The van der Waals surface area contributed by atoms with Crippen LogP contribution in [0.5, 0.6) is 11.5 Å². The molecule has 0 saturated heterocycles. The van der Waals surface area contributed by atoms with Crippen molar-refractivity contribution in [3.8, 4) is 11.5 Å². The van der Waals surface area contributed by atoms with E-state index in [2.05, 4.69) is 4.98 Å². The summed E-state index contributed by atoms with van der Waals surface area (Å²) < 4.78 is 24.2. The van der Waals surface area contributed by atoms with E-state index >= 15 is 0 Å². The number of fused-ring (bicyclic) bond motifs is 3. The molecule has 0 saturated carbocycles. The summed E-state index contributed by atoms with van der Waals surface area (Å²) in [6.45, 7) is 1.39. The first kappa shape index (κ1) is 17.7. The minimum absolute atomic E-state index is 0.00641. The molecule has 1 N–H and O–H groups in total. The quantitative estimate of drug-likeness (QED) is 0.742. The lowest BCUT2D eigenvalue weighted by Crippen LogP contribution is -2.36. The number of aromatic nitrogens is 1. The van der Waals surface area contributed by atoms with Gasteiger partial charge in [-0.25, -0.2) is 4.39 Å². The summed E-state index contributed by atoms with van der Waals surface area (Å²) in [5.74, 6) is 1.09. The van der Waals surface area contributed by atoms with E-state index in [1.54, 1.807) is 12.1 Å². The maximum absolute atomic E-state index is 13.3. The van der Waals surface area contributed by atoms with Crippen molar-refractivity contribution in [3.05, 3.63) is 69.3 Å². The second-order valence-electron chi connectivity index (χ2n) is 7.39. The molecule has 2 aromatic carbocycles. The summed E-state index contributed by atoms with van der Waals surface area (Å²) in [5.41, 5.74) is 2.94. The Balaban J connectivity index is 1.29. The molecule has 2 aliphatic rings. The van der Waals surface area contributed by atoms with Gasteiger partial charge in [0.2, 0.25) is 12.7 Å². The fourth-order valence-corrected chi connectivity index (χ4v) is 3.96. The first-order valence-corrected chi connectivity index (χ1v) is 9.57. The topological polar surface area (TPSA) is 71.6 Å². The molecule has 0 aliphatic carbocycles. The molecule has 3 aromatic rings. The predicted molar refractivity (Wildman–Crippen MR) is 105 cm³/mol. The molecule has 0 radical (unpaired) electrons. The predicted octanol–water partition coefficient (Wildman–Crippen LogP) is 2.91. The second-order valence-corrected chi connectivity index (χ2v) is 7.39. The van der Waals surface area contributed by atoms with Crippen LogP contribution in [-0.2, 0) is 24.2 Å². The van der Waals surface area contributed by atoms with Crippen molar-refractivity contribution in [2.45, 2.75) is 25.8 Å². The molecule has 0 unspecified atom stereocenters. The smallest absolute Gasteiger partial charge is 0.251 e. The van der Waals surface area contributed by atoms with Gasteiger partial charge in [0.1, 0.15) is 5.82 Å². The number of rotatable bonds is 3. The number of nitrogens with one attached hydrogen (secondary N) is 1. The number of benzene rings is 2. The molecule has 6 nitrogen and oxygen atoms in total. The van der Waals surface area contributed by atoms with Gasteiger partial charge in [-0.2, -0.15) is 0 Å². The number of aromatic amines is 1. The second kappa shape index (κ2) is 6.92. The van der Waals surface area contributed by atoms with Crippen molar-refractivity contribution < 1.29 is 18.7 Å². The van der Waals surface area contributed by atoms with Gasteiger partial charge in [-0.1, -0.05) is 0 Å². The number of hydrogen-bond donors (Lipinski definition) is 1. The number of H-pyrrole nitrogens is 1. The van der Waals surface area contributed by atoms with E-state index in [1.165, 1.54) is 17.7 Å². The standard InChI is InChI=1S/C22H19FN2O4/c23-17-3-1-14-7-15(22(27)24-18(14)10-17)2-4-21(26)25-6-5-13-8-19-20(29-12-28-19)9-16(13)11-25/h1,3,7-10H,2,4-6,11-12H2,(H,24,27). The maximum atomic E-state index is 13.3. The number of pyridine rings is 1. The minimum atomic E-state index is -0.399. The van der Waals surface area contributed by atoms with Crippen LogP contribution in [0.4, 0.5) is 4.39 Å². The van der Waals surface area contributed by atoms with E-state index in [0.29, 0.717) is 30.6 Å². The molecular formula is C22H19FN2O4. The average molecular weight is 394 g/mol. The van der Waals surface area contributed by atoms with Crippen LogP contribution in [0.25, 0.3) is 10.9 Å². The number of halogens is 1. The fourth-order valence-electron chi connectivity index (χ4n) is 3.96. The van der Waals surface area contributed by atoms with Gasteiger partial charge in [0.15, 0.2) is 11.5 Å². The van der Waals surface area contributed by atoms with Gasteiger partial charge in [0.25, 0.3) is 5.56 Å². The highest BCUT2D eigenvalue weighted by Crippen LogP contribution is 2.36. The molecule has 1 amide bonds. The van der Waals surface area contributed by atoms with Crippen molar-refractivity contribution in [2.75, 3.05) is 13.3 Å². The largest absolute Gasteiger partial charge is 0.454 e. The maximum Gasteiger partial charge on any atom is 0.251 e. The Morgan fingerprint density at radius 1 is 1.10 bits per heavy atom. The lowest BCUT2D eigenvalue weighted by molar-refractivity contribution is -0.132. The molecule has 29 heavy (non-hydrogen) atoms. The Bertz CT molecular complexity index is 1190. The number of carbonyl (C=O) groups excluding carboxylic acids is 1. The van der Waals surface area contributed by atoms with Crippen LogP contribution in [-0.4, -0.2) is 29.1 Å². The zero-order chi connectivity index (χ0) is 20.0. The fraction of sp³-hybridized carbons (Fsp3) is 0.273. The highest BCUT2D eigenvalue weighted by molar-refractivity contribution is 5.80. The van der Waals surface area contributed by atoms with Gasteiger partial charge in [-0.15, -0.1) is 0 Å². The van der Waals surface area contributed by atoms with Crippen molar-refractivity contribution in [1.82, 2.24) is 9.88 Å². The van der Waals surface area contributed by atoms with E-state index in [4.69, 9.17) is 9.47 Å².